The quantitative estimate of drug-likeness (QED) is 0.853. The summed E-state index contributed by atoms with van der Waals surface area (Å²) in [5.74, 6) is 0.232. The average molecular weight is 296 g/mol. The summed E-state index contributed by atoms with van der Waals surface area (Å²) >= 11 is 0. The maximum Gasteiger partial charge on any atom is 0.148 e. The third-order valence-electron chi connectivity index (χ3n) is 3.67. The van der Waals surface area contributed by atoms with Crippen LogP contribution in [0.3, 0.4) is 0 Å². The molecule has 2 heterocycles. The van der Waals surface area contributed by atoms with Gasteiger partial charge in [-0.25, -0.2) is 8.42 Å². The lowest BCUT2D eigenvalue weighted by molar-refractivity contribution is 0.266. The fraction of sp³-hybridized carbons (Fsp3) is 0.667. The van der Waals surface area contributed by atoms with Gasteiger partial charge < -0.3 is 0 Å². The van der Waals surface area contributed by atoms with Crippen molar-refractivity contribution in [3.63, 3.8) is 0 Å². The minimum absolute atomic E-state index is 0.0719. The third-order valence-corrected chi connectivity index (χ3v) is 4.60. The minimum Gasteiger partial charge on any atom is -0.298 e. The van der Waals surface area contributed by atoms with Crippen molar-refractivity contribution in [1.82, 2.24) is 9.88 Å². The summed E-state index contributed by atoms with van der Waals surface area (Å²) in [7, 11) is -2.88. The molecule has 1 aromatic rings. The van der Waals surface area contributed by atoms with E-state index in [9.17, 15) is 8.42 Å². The molecule has 0 aromatic carbocycles. The van der Waals surface area contributed by atoms with Gasteiger partial charge in [0.1, 0.15) is 9.84 Å². The van der Waals surface area contributed by atoms with Gasteiger partial charge in [0.15, 0.2) is 0 Å². The van der Waals surface area contributed by atoms with Crippen molar-refractivity contribution in [3.05, 3.63) is 29.1 Å². The van der Waals surface area contributed by atoms with Crippen molar-refractivity contribution in [2.45, 2.75) is 39.2 Å². The summed E-state index contributed by atoms with van der Waals surface area (Å²) in [6, 6.07) is 4.24. The molecule has 20 heavy (non-hydrogen) atoms. The predicted molar refractivity (Wildman–Crippen MR) is 81.6 cm³/mol. The zero-order valence-electron chi connectivity index (χ0n) is 12.8. The van der Waals surface area contributed by atoms with Gasteiger partial charge in [0, 0.05) is 49.1 Å². The number of pyridine rings is 1. The maximum atomic E-state index is 11.2. The highest BCUT2D eigenvalue weighted by Crippen LogP contribution is 2.24. The molecule has 0 N–H and O–H groups in total. The number of rotatable bonds is 3. The second kappa shape index (κ2) is 5.45. The van der Waals surface area contributed by atoms with Crippen molar-refractivity contribution in [2.75, 3.05) is 25.1 Å². The Kier molecular flexibility index (Phi) is 4.21. The Labute approximate surface area is 122 Å². The Hall–Kier alpha value is -0.940. The largest absolute Gasteiger partial charge is 0.298 e. The summed E-state index contributed by atoms with van der Waals surface area (Å²) < 4.78 is 22.5. The molecule has 5 heteroatoms. The van der Waals surface area contributed by atoms with Crippen molar-refractivity contribution in [1.29, 1.82) is 0 Å². The Morgan fingerprint density at radius 2 is 2.00 bits per heavy atom. The number of nitrogens with zero attached hydrogens (tertiary/aromatic N) is 2. The summed E-state index contributed by atoms with van der Waals surface area (Å²) in [5.41, 5.74) is 3.61. The van der Waals surface area contributed by atoms with Crippen LogP contribution in [-0.2, 0) is 28.2 Å². The first-order chi connectivity index (χ1) is 9.15. The summed E-state index contributed by atoms with van der Waals surface area (Å²) in [5, 5.41) is 0. The highest BCUT2D eigenvalue weighted by atomic mass is 32.2. The van der Waals surface area contributed by atoms with Gasteiger partial charge in [-0.2, -0.15) is 0 Å². The molecule has 1 aliphatic rings. The molecule has 0 atom stereocenters. The lowest BCUT2D eigenvalue weighted by atomic mass is 9.90. The molecule has 0 unspecified atom stereocenters. The smallest absolute Gasteiger partial charge is 0.148 e. The fourth-order valence-electron chi connectivity index (χ4n) is 2.38. The number of aromatic nitrogens is 1. The molecule has 2 rings (SSSR count). The first-order valence-corrected chi connectivity index (χ1v) is 9.10. The number of hydrogen-bond acceptors (Lipinski definition) is 4. The minimum atomic E-state index is -2.88. The molecule has 0 radical (unpaired) electrons. The molecule has 0 fully saturated rings. The van der Waals surface area contributed by atoms with E-state index in [0.29, 0.717) is 6.54 Å². The zero-order valence-corrected chi connectivity index (χ0v) is 13.6. The fourth-order valence-corrected chi connectivity index (χ4v) is 2.97. The van der Waals surface area contributed by atoms with Crippen molar-refractivity contribution in [3.8, 4) is 0 Å². The topological polar surface area (TPSA) is 50.3 Å². The predicted octanol–water partition coefficient (Wildman–Crippen LogP) is 1.78. The Bertz CT molecular complexity index is 588. The van der Waals surface area contributed by atoms with E-state index in [1.807, 2.05) is 0 Å². The van der Waals surface area contributed by atoms with Gasteiger partial charge in [0.25, 0.3) is 0 Å². The standard InChI is InChI=1S/C15H24N2O2S/c1-15(2,3)14-6-5-12-11-17(8-7-13(12)16-14)9-10-20(4,18)19/h5-6H,7-11H2,1-4H3. The van der Waals surface area contributed by atoms with E-state index < -0.39 is 9.84 Å². The van der Waals surface area contributed by atoms with E-state index in [0.717, 1.165) is 25.2 Å². The van der Waals surface area contributed by atoms with Crippen LogP contribution in [-0.4, -0.2) is 43.4 Å². The number of hydrogen-bond donors (Lipinski definition) is 0. The molecule has 1 aliphatic heterocycles. The highest BCUT2D eigenvalue weighted by Gasteiger charge is 2.21. The highest BCUT2D eigenvalue weighted by molar-refractivity contribution is 7.90. The Morgan fingerprint density at radius 3 is 2.60 bits per heavy atom. The zero-order chi connectivity index (χ0) is 15.0. The van der Waals surface area contributed by atoms with E-state index in [1.54, 1.807) is 0 Å². The van der Waals surface area contributed by atoms with Crippen LogP contribution in [0.15, 0.2) is 12.1 Å². The van der Waals surface area contributed by atoms with Gasteiger partial charge in [-0.15, -0.1) is 0 Å². The molecule has 0 amide bonds. The van der Waals surface area contributed by atoms with E-state index in [2.05, 4.69) is 37.8 Å². The van der Waals surface area contributed by atoms with Crippen LogP contribution in [0.25, 0.3) is 0 Å². The number of fused-ring (bicyclic) bond motifs is 1. The number of sulfone groups is 1. The van der Waals surface area contributed by atoms with E-state index in [1.165, 1.54) is 17.5 Å². The normalized spacial score (nSPS) is 17.0. The SMILES string of the molecule is CC(C)(C)c1ccc2c(n1)CCN(CCS(C)(=O)=O)C2. The van der Waals surface area contributed by atoms with E-state index in [4.69, 9.17) is 4.98 Å². The van der Waals surface area contributed by atoms with Crippen LogP contribution in [0.1, 0.15) is 37.7 Å². The second-order valence-corrected chi connectivity index (χ2v) is 8.97. The molecule has 0 spiro atoms. The van der Waals surface area contributed by atoms with Gasteiger partial charge in [0.05, 0.1) is 5.75 Å². The van der Waals surface area contributed by atoms with Gasteiger partial charge in [-0.05, 0) is 11.6 Å². The molecule has 1 aromatic heterocycles. The summed E-state index contributed by atoms with van der Waals surface area (Å²) in [6.07, 6.45) is 2.20. The van der Waals surface area contributed by atoms with Crippen molar-refractivity contribution < 1.29 is 8.42 Å². The first kappa shape index (κ1) is 15.4. The molecular formula is C15H24N2O2S. The molecule has 4 nitrogen and oxygen atoms in total. The van der Waals surface area contributed by atoms with Crippen LogP contribution >= 0.6 is 0 Å². The second-order valence-electron chi connectivity index (χ2n) is 6.71. The third kappa shape index (κ3) is 4.03. The van der Waals surface area contributed by atoms with Crippen LogP contribution < -0.4 is 0 Å². The van der Waals surface area contributed by atoms with Crippen LogP contribution in [0.5, 0.6) is 0 Å². The molecule has 0 bridgehead atoms. The van der Waals surface area contributed by atoms with Crippen molar-refractivity contribution in [2.24, 2.45) is 0 Å². The molecule has 0 saturated carbocycles. The lowest BCUT2D eigenvalue weighted by Crippen LogP contribution is -2.35. The first-order valence-electron chi connectivity index (χ1n) is 7.04. The molecule has 0 saturated heterocycles. The summed E-state index contributed by atoms with van der Waals surface area (Å²) in [4.78, 5) is 6.98. The van der Waals surface area contributed by atoms with Crippen LogP contribution in [0.4, 0.5) is 0 Å². The van der Waals surface area contributed by atoms with Crippen LogP contribution in [0, 0.1) is 0 Å². The van der Waals surface area contributed by atoms with Gasteiger partial charge in [-0.1, -0.05) is 26.8 Å². The van der Waals surface area contributed by atoms with E-state index >= 15 is 0 Å². The molecule has 112 valence electrons. The monoisotopic (exact) mass is 296 g/mol. The van der Waals surface area contributed by atoms with Gasteiger partial charge in [-0.3, -0.25) is 9.88 Å². The van der Waals surface area contributed by atoms with E-state index in [-0.39, 0.29) is 11.2 Å². The maximum absolute atomic E-state index is 11.2. The molecule has 0 aliphatic carbocycles. The van der Waals surface area contributed by atoms with Gasteiger partial charge in [0.2, 0.25) is 0 Å². The Balaban J connectivity index is 2.08. The van der Waals surface area contributed by atoms with Crippen LogP contribution in [0.2, 0.25) is 0 Å². The average Bonchev–Trinajstić information content (AvgIpc) is 2.33. The van der Waals surface area contributed by atoms with Gasteiger partial charge >= 0.3 is 0 Å². The molecular weight excluding hydrogens is 272 g/mol. The lowest BCUT2D eigenvalue weighted by Gasteiger charge is -2.29. The van der Waals surface area contributed by atoms with Crippen molar-refractivity contribution >= 4 is 9.84 Å². The summed E-state index contributed by atoms with van der Waals surface area (Å²) in [6.45, 7) is 8.82. The Morgan fingerprint density at radius 1 is 1.30 bits per heavy atom.